The van der Waals surface area contributed by atoms with Crippen molar-refractivity contribution in [3.63, 3.8) is 0 Å². The molecule has 278 valence electrons. The van der Waals surface area contributed by atoms with Crippen LogP contribution in [0.4, 0.5) is 0 Å². The second-order valence-electron chi connectivity index (χ2n) is 14.5. The van der Waals surface area contributed by atoms with Crippen LogP contribution in [0.15, 0.2) is 50.8 Å². The van der Waals surface area contributed by atoms with Gasteiger partial charge in [0.15, 0.2) is 0 Å². The number of hydrogen-bond donors (Lipinski definition) is 4. The van der Waals surface area contributed by atoms with Crippen LogP contribution in [0, 0.1) is 17.8 Å². The minimum Gasteiger partial charge on any atom is -0.343 e. The molecule has 0 spiro atoms. The van der Waals surface area contributed by atoms with Crippen LogP contribution in [-0.4, -0.2) is 99.7 Å². The maximum absolute atomic E-state index is 14.5. The van der Waals surface area contributed by atoms with Gasteiger partial charge in [0, 0.05) is 43.0 Å². The van der Waals surface area contributed by atoms with Crippen molar-refractivity contribution in [1.82, 2.24) is 20.3 Å². The van der Waals surface area contributed by atoms with Gasteiger partial charge in [-0.15, -0.1) is 0 Å². The van der Waals surface area contributed by atoms with E-state index in [0.717, 1.165) is 0 Å². The molecule has 0 aromatic heterocycles. The summed E-state index contributed by atoms with van der Waals surface area (Å²) in [4.78, 5) is 60.5. The molecule has 4 fully saturated rings. The molecule has 51 heavy (non-hydrogen) atoms. The summed E-state index contributed by atoms with van der Waals surface area (Å²) in [6.45, 7) is 1.24. The van der Waals surface area contributed by atoms with Crippen LogP contribution < -0.4 is 21.1 Å². The number of fused-ring (bicyclic) bond motifs is 3. The van der Waals surface area contributed by atoms with Gasteiger partial charge in [-0.05, 0) is 81.5 Å². The molecule has 0 radical (unpaired) electrons. The van der Waals surface area contributed by atoms with E-state index in [1.165, 1.54) is 35.4 Å². The molecule has 8 atom stereocenters. The van der Waals surface area contributed by atoms with Gasteiger partial charge in [0.25, 0.3) is 16.0 Å². The van der Waals surface area contributed by atoms with E-state index >= 15 is 0 Å². The summed E-state index contributed by atoms with van der Waals surface area (Å²) in [6.07, 6.45) is 6.77. The Labute approximate surface area is 305 Å². The average molecular weight is 812 g/mol. The highest BCUT2D eigenvalue weighted by atomic mass is 79.9. The summed E-state index contributed by atoms with van der Waals surface area (Å²) in [5.74, 6) is -3.52. The van der Waals surface area contributed by atoms with E-state index in [2.05, 4.69) is 36.3 Å². The number of allylic oxidation sites excluding steroid dienone is 1. The van der Waals surface area contributed by atoms with Gasteiger partial charge in [0.2, 0.25) is 27.7 Å². The van der Waals surface area contributed by atoms with E-state index in [-0.39, 0.29) is 42.5 Å². The number of sulfonamides is 1. The van der Waals surface area contributed by atoms with Crippen LogP contribution in [0.3, 0.4) is 0 Å². The first-order valence-electron chi connectivity index (χ1n) is 17.0. The number of carbonyl (C=O) groups is 4. The second kappa shape index (κ2) is 14.0. The third-order valence-electron chi connectivity index (χ3n) is 10.7. The average Bonchev–Trinajstić information content (AvgIpc) is 4.02. The third kappa shape index (κ3) is 7.79. The molecule has 18 heteroatoms. The van der Waals surface area contributed by atoms with Crippen molar-refractivity contribution in [3.05, 3.63) is 40.9 Å². The molecule has 2 aliphatic heterocycles. The van der Waals surface area contributed by atoms with E-state index in [0.29, 0.717) is 36.6 Å². The first kappa shape index (κ1) is 37.6. The van der Waals surface area contributed by atoms with Gasteiger partial charge < -0.3 is 26.3 Å². The molecule has 1 aromatic carbocycles. The fraction of sp³-hybridized carbons (Fsp3) is 0.606. The Morgan fingerprint density at radius 1 is 1.18 bits per heavy atom. The highest BCUT2D eigenvalue weighted by Gasteiger charge is 2.63. The minimum atomic E-state index is -4.33. The predicted molar refractivity (Wildman–Crippen MR) is 189 cm³/mol. The Morgan fingerprint density at radius 3 is 2.55 bits per heavy atom. The second-order valence-corrected chi connectivity index (χ2v) is 19.1. The van der Waals surface area contributed by atoms with Crippen molar-refractivity contribution >= 4 is 65.9 Å². The monoisotopic (exact) mass is 810 g/mol. The van der Waals surface area contributed by atoms with Gasteiger partial charge >= 0.3 is 0 Å². The van der Waals surface area contributed by atoms with Gasteiger partial charge in [-0.1, -0.05) is 28.1 Å². The maximum atomic E-state index is 14.5. The van der Waals surface area contributed by atoms with E-state index in [1.807, 2.05) is 6.08 Å². The predicted octanol–water partition coefficient (Wildman–Crippen LogP) is 0.886. The molecule has 5 aliphatic rings. The molecule has 1 saturated heterocycles. The molecule has 0 bridgehead atoms. The topological polar surface area (TPSA) is 223 Å². The Bertz CT molecular complexity index is 1870. The lowest BCUT2D eigenvalue weighted by molar-refractivity contribution is -0.143. The third-order valence-corrected chi connectivity index (χ3v) is 14.8. The number of aliphatic imine (C=N–C) groups is 1. The highest BCUT2D eigenvalue weighted by Crippen LogP contribution is 2.49. The zero-order chi connectivity index (χ0) is 36.9. The summed E-state index contributed by atoms with van der Waals surface area (Å²) >= 11 is 3.27. The maximum Gasteiger partial charge on any atom is 0.297 e. The van der Waals surface area contributed by atoms with Gasteiger partial charge in [0.1, 0.15) is 17.6 Å². The lowest BCUT2D eigenvalue weighted by Gasteiger charge is -2.30. The van der Waals surface area contributed by atoms with E-state index in [4.69, 9.17) is 9.92 Å². The smallest absolute Gasteiger partial charge is 0.297 e. The zero-order valence-corrected chi connectivity index (χ0v) is 31.5. The minimum absolute atomic E-state index is 0.0664. The summed E-state index contributed by atoms with van der Waals surface area (Å²) in [5, 5.41) is 5.55. The first-order chi connectivity index (χ1) is 24.0. The highest BCUT2D eigenvalue weighted by molar-refractivity contribution is 9.10. The molecular weight excluding hydrogens is 768 g/mol. The van der Waals surface area contributed by atoms with Crippen molar-refractivity contribution in [1.29, 1.82) is 0 Å². The standard InChI is InChI=1S/C33H43BrN6O9S2/c1-32(12-13-32)51(47,48)39-31(44)33-17-20(33)6-4-3-5-19-15-24(19)27(37-28(41)25(35)11-14-36-2)30(43)40-18-22(16-26(40)29(42)38-33)49-50(45,46)23-9-7-21(34)8-10-23/h4,6-10,14,19-20,22,24-27H,3,5,11-13,15-18,35H2,1-2H3,(H,37,41)(H,38,42)(H,39,44). The molecule has 15 nitrogen and oxygen atoms in total. The van der Waals surface area contributed by atoms with Crippen LogP contribution in [0.1, 0.15) is 58.3 Å². The number of nitrogens with two attached hydrogens (primary N) is 1. The number of rotatable bonds is 10. The van der Waals surface area contributed by atoms with Crippen molar-refractivity contribution in [3.8, 4) is 0 Å². The number of nitrogens with zero attached hydrogens (tertiary/aromatic N) is 2. The van der Waals surface area contributed by atoms with E-state index < -0.39 is 84.2 Å². The van der Waals surface area contributed by atoms with E-state index in [1.54, 1.807) is 20.0 Å². The molecule has 1 aromatic rings. The molecule has 6 rings (SSSR count). The number of nitrogens with one attached hydrogen (secondary N) is 3. The largest absolute Gasteiger partial charge is 0.343 e. The van der Waals surface area contributed by atoms with Crippen LogP contribution in [-0.2, 0) is 43.5 Å². The van der Waals surface area contributed by atoms with Gasteiger partial charge in [-0.3, -0.25) is 28.1 Å². The zero-order valence-electron chi connectivity index (χ0n) is 28.3. The van der Waals surface area contributed by atoms with Crippen LogP contribution in [0.25, 0.3) is 0 Å². The van der Waals surface area contributed by atoms with Crippen molar-refractivity contribution in [2.75, 3.05) is 13.6 Å². The Morgan fingerprint density at radius 2 is 1.88 bits per heavy atom. The quantitative estimate of drug-likeness (QED) is 0.148. The Balaban J connectivity index is 1.31. The van der Waals surface area contributed by atoms with Gasteiger partial charge in [0.05, 0.1) is 21.8 Å². The Hall–Kier alpha value is -3.19. The number of amides is 4. The molecule has 4 amide bonds. The Kier molecular flexibility index (Phi) is 10.3. The van der Waals surface area contributed by atoms with Crippen molar-refractivity contribution in [2.24, 2.45) is 28.5 Å². The molecular formula is C33H43BrN6O9S2. The lowest BCUT2D eigenvalue weighted by atomic mass is 10.0. The van der Waals surface area contributed by atoms with E-state index in [9.17, 15) is 36.0 Å². The SMILES string of the molecule is CN=CCC(N)C(=O)NC1C(=O)N2CC(OS(=O)(=O)c3ccc(Br)cc3)CC2C(=O)NC2(C(=O)NS(=O)(=O)C3(C)CC3)CC2C=CCCC2CC21. The molecule has 3 saturated carbocycles. The molecule has 8 unspecified atom stereocenters. The summed E-state index contributed by atoms with van der Waals surface area (Å²) < 4.78 is 60.0. The lowest BCUT2D eigenvalue weighted by Crippen LogP contribution is -2.59. The van der Waals surface area contributed by atoms with Crippen LogP contribution in [0.2, 0.25) is 0 Å². The van der Waals surface area contributed by atoms with Crippen molar-refractivity contribution < 1.29 is 40.2 Å². The van der Waals surface area contributed by atoms with Crippen molar-refractivity contribution in [2.45, 2.75) is 97.7 Å². The number of hydrogen-bond acceptors (Lipinski definition) is 11. The molecule has 2 heterocycles. The number of halogens is 1. The molecule has 3 aliphatic carbocycles. The van der Waals surface area contributed by atoms with Gasteiger partial charge in [-0.2, -0.15) is 8.42 Å². The summed E-state index contributed by atoms with van der Waals surface area (Å²) in [6, 6.07) is 2.42. The number of carbonyl (C=O) groups excluding carboxylic acids is 4. The normalized spacial score (nSPS) is 32.1. The number of benzene rings is 1. The fourth-order valence-electron chi connectivity index (χ4n) is 6.96. The molecule has 5 N–H and O–H groups in total. The summed E-state index contributed by atoms with van der Waals surface area (Å²) in [7, 11) is -6.82. The fourth-order valence-corrected chi connectivity index (χ4v) is 9.61. The summed E-state index contributed by atoms with van der Waals surface area (Å²) in [5.41, 5.74) is 4.48. The van der Waals surface area contributed by atoms with Gasteiger partial charge in [-0.25, -0.2) is 8.42 Å². The van der Waals surface area contributed by atoms with Crippen LogP contribution >= 0.6 is 15.9 Å². The van der Waals surface area contributed by atoms with Crippen LogP contribution in [0.5, 0.6) is 0 Å². The first-order valence-corrected chi connectivity index (χ1v) is 20.7.